The van der Waals surface area contributed by atoms with E-state index in [9.17, 15) is 4.79 Å². The van der Waals surface area contributed by atoms with Crippen LogP contribution in [-0.4, -0.2) is 30.9 Å². The van der Waals surface area contributed by atoms with Crippen LogP contribution in [0.2, 0.25) is 0 Å². The van der Waals surface area contributed by atoms with Gasteiger partial charge in [0, 0.05) is 19.3 Å². The summed E-state index contributed by atoms with van der Waals surface area (Å²) in [6.45, 7) is 3.92. The summed E-state index contributed by atoms with van der Waals surface area (Å²) in [6.07, 6.45) is 1.62. The quantitative estimate of drug-likeness (QED) is 0.872. The highest BCUT2D eigenvalue weighted by Crippen LogP contribution is 2.18. The topological polar surface area (TPSA) is 80.4 Å². The minimum atomic E-state index is -0.769. The summed E-state index contributed by atoms with van der Waals surface area (Å²) in [6, 6.07) is 0. The van der Waals surface area contributed by atoms with Crippen LogP contribution in [0, 0.1) is 5.92 Å². The fourth-order valence-corrected chi connectivity index (χ4v) is 2.68. The van der Waals surface area contributed by atoms with Gasteiger partial charge in [-0.15, -0.1) is 10.2 Å². The Labute approximate surface area is 102 Å². The van der Waals surface area contributed by atoms with Gasteiger partial charge in [0.15, 0.2) is 5.82 Å². The van der Waals surface area contributed by atoms with E-state index >= 15 is 0 Å². The second kappa shape index (κ2) is 4.79. The van der Waals surface area contributed by atoms with Gasteiger partial charge in [0.05, 0.1) is 0 Å². The van der Waals surface area contributed by atoms with E-state index in [2.05, 4.69) is 15.3 Å². The standard InChI is InChI=1S/C10H14N4O2S/c1-3-7-11-12-10-14(7)13-8(17-10)4-6(2)5-9(15)16/h6H,3-5H2,1-2H3,(H,15,16). The maximum atomic E-state index is 10.6. The van der Waals surface area contributed by atoms with Crippen LogP contribution in [-0.2, 0) is 17.6 Å². The number of carboxylic acid groups (broad SMARTS) is 1. The Morgan fingerprint density at radius 1 is 1.53 bits per heavy atom. The average Bonchev–Trinajstić information content (AvgIpc) is 2.74. The van der Waals surface area contributed by atoms with Gasteiger partial charge in [-0.05, 0) is 5.92 Å². The molecular weight excluding hydrogens is 240 g/mol. The molecule has 2 heterocycles. The highest BCUT2D eigenvalue weighted by Gasteiger charge is 2.14. The van der Waals surface area contributed by atoms with Gasteiger partial charge >= 0.3 is 5.97 Å². The Morgan fingerprint density at radius 2 is 2.29 bits per heavy atom. The molecule has 0 amide bonds. The van der Waals surface area contributed by atoms with Gasteiger partial charge in [0.1, 0.15) is 5.01 Å². The largest absolute Gasteiger partial charge is 0.481 e. The highest BCUT2D eigenvalue weighted by atomic mass is 32.1. The fraction of sp³-hybridized carbons (Fsp3) is 0.600. The third-order valence-electron chi connectivity index (χ3n) is 2.46. The zero-order valence-electron chi connectivity index (χ0n) is 9.75. The molecule has 17 heavy (non-hydrogen) atoms. The second-order valence-electron chi connectivity index (χ2n) is 4.07. The number of fused-ring (bicyclic) bond motifs is 1. The lowest BCUT2D eigenvalue weighted by Gasteiger charge is -2.04. The molecule has 0 aliphatic rings. The zero-order chi connectivity index (χ0) is 12.4. The summed E-state index contributed by atoms with van der Waals surface area (Å²) in [5, 5.41) is 22.1. The smallest absolute Gasteiger partial charge is 0.303 e. The van der Waals surface area contributed by atoms with Crippen molar-refractivity contribution in [1.82, 2.24) is 19.8 Å². The number of aromatic nitrogens is 4. The normalized spacial score (nSPS) is 13.1. The molecule has 0 bridgehead atoms. The average molecular weight is 254 g/mol. The predicted octanol–water partition coefficient (Wildman–Crippen LogP) is 1.40. The molecule has 6 nitrogen and oxygen atoms in total. The van der Waals surface area contributed by atoms with E-state index in [0.29, 0.717) is 6.42 Å². The van der Waals surface area contributed by atoms with Crippen LogP contribution in [0.4, 0.5) is 0 Å². The number of rotatable bonds is 5. The fourth-order valence-electron chi connectivity index (χ4n) is 1.67. The Balaban J connectivity index is 2.14. The van der Waals surface area contributed by atoms with E-state index in [0.717, 1.165) is 22.2 Å². The van der Waals surface area contributed by atoms with Crippen LogP contribution in [0.3, 0.4) is 0 Å². The van der Waals surface area contributed by atoms with E-state index in [-0.39, 0.29) is 12.3 Å². The molecule has 2 rings (SSSR count). The minimum absolute atomic E-state index is 0.0846. The third kappa shape index (κ3) is 2.60. The monoisotopic (exact) mass is 254 g/mol. The van der Waals surface area contributed by atoms with Crippen LogP contribution in [0.1, 0.15) is 31.1 Å². The van der Waals surface area contributed by atoms with Gasteiger partial charge in [-0.2, -0.15) is 9.61 Å². The number of carboxylic acids is 1. The molecule has 7 heteroatoms. The molecule has 0 radical (unpaired) electrons. The third-order valence-corrected chi connectivity index (χ3v) is 3.38. The maximum absolute atomic E-state index is 10.6. The van der Waals surface area contributed by atoms with Gasteiger partial charge in [-0.25, -0.2) is 0 Å². The van der Waals surface area contributed by atoms with Gasteiger partial charge < -0.3 is 5.11 Å². The highest BCUT2D eigenvalue weighted by molar-refractivity contribution is 7.16. The van der Waals surface area contributed by atoms with Gasteiger partial charge in [0.25, 0.3) is 0 Å². The predicted molar refractivity (Wildman–Crippen MR) is 63.2 cm³/mol. The van der Waals surface area contributed by atoms with Crippen molar-refractivity contribution in [3.63, 3.8) is 0 Å². The van der Waals surface area contributed by atoms with Crippen molar-refractivity contribution in [3.05, 3.63) is 10.8 Å². The summed E-state index contributed by atoms with van der Waals surface area (Å²) < 4.78 is 1.74. The van der Waals surface area contributed by atoms with Crippen molar-refractivity contribution in [2.75, 3.05) is 0 Å². The lowest BCUT2D eigenvalue weighted by molar-refractivity contribution is -0.137. The number of hydrogen-bond acceptors (Lipinski definition) is 5. The van der Waals surface area contributed by atoms with Crippen molar-refractivity contribution >= 4 is 22.3 Å². The summed E-state index contributed by atoms with van der Waals surface area (Å²) in [5.41, 5.74) is 0. The summed E-state index contributed by atoms with van der Waals surface area (Å²) in [7, 11) is 0. The zero-order valence-corrected chi connectivity index (χ0v) is 10.6. The molecule has 2 aromatic heterocycles. The maximum Gasteiger partial charge on any atom is 0.303 e. The van der Waals surface area contributed by atoms with Crippen molar-refractivity contribution in [3.8, 4) is 0 Å². The van der Waals surface area contributed by atoms with Crippen molar-refractivity contribution in [2.24, 2.45) is 5.92 Å². The van der Waals surface area contributed by atoms with Crippen LogP contribution in [0.15, 0.2) is 0 Å². The lowest BCUT2D eigenvalue weighted by atomic mass is 10.1. The Morgan fingerprint density at radius 3 is 2.94 bits per heavy atom. The van der Waals surface area contributed by atoms with Crippen molar-refractivity contribution in [2.45, 2.75) is 33.1 Å². The number of carbonyl (C=O) groups is 1. The first kappa shape index (κ1) is 12.0. The number of aliphatic carboxylic acids is 1. The molecule has 0 spiro atoms. The molecule has 0 saturated carbocycles. The Kier molecular flexibility index (Phi) is 3.37. The molecule has 1 N–H and O–H groups in total. The Hall–Kier alpha value is -1.50. The molecule has 2 aromatic rings. The molecule has 0 fully saturated rings. The number of nitrogens with zero attached hydrogens (tertiary/aromatic N) is 4. The molecule has 0 aliphatic heterocycles. The van der Waals surface area contributed by atoms with Gasteiger partial charge in [-0.3, -0.25) is 4.79 Å². The molecule has 92 valence electrons. The summed E-state index contributed by atoms with van der Waals surface area (Å²) >= 11 is 1.47. The minimum Gasteiger partial charge on any atom is -0.481 e. The molecule has 1 atom stereocenters. The van der Waals surface area contributed by atoms with E-state index in [1.807, 2.05) is 13.8 Å². The van der Waals surface area contributed by atoms with E-state index in [1.54, 1.807) is 4.52 Å². The van der Waals surface area contributed by atoms with E-state index < -0.39 is 5.97 Å². The van der Waals surface area contributed by atoms with E-state index in [4.69, 9.17) is 5.11 Å². The summed E-state index contributed by atoms with van der Waals surface area (Å²) in [4.78, 5) is 11.4. The molecule has 0 aliphatic carbocycles. The van der Waals surface area contributed by atoms with E-state index in [1.165, 1.54) is 11.3 Å². The SMILES string of the molecule is CCc1nnc2sc(CC(C)CC(=O)O)nn12. The van der Waals surface area contributed by atoms with Crippen molar-refractivity contribution in [1.29, 1.82) is 0 Å². The molecule has 0 aromatic carbocycles. The molecule has 1 unspecified atom stereocenters. The summed E-state index contributed by atoms with van der Waals surface area (Å²) in [5.74, 6) is 0.157. The van der Waals surface area contributed by atoms with Crippen LogP contribution < -0.4 is 0 Å². The van der Waals surface area contributed by atoms with Crippen LogP contribution in [0.25, 0.3) is 4.96 Å². The number of hydrogen-bond donors (Lipinski definition) is 1. The van der Waals surface area contributed by atoms with Gasteiger partial charge in [0.2, 0.25) is 4.96 Å². The second-order valence-corrected chi connectivity index (χ2v) is 5.11. The molecule has 0 saturated heterocycles. The lowest BCUT2D eigenvalue weighted by Crippen LogP contribution is -2.07. The first-order chi connectivity index (χ1) is 8.10. The number of aryl methyl sites for hydroxylation is 1. The first-order valence-electron chi connectivity index (χ1n) is 5.52. The Bertz CT molecular complexity index is 533. The van der Waals surface area contributed by atoms with Crippen molar-refractivity contribution < 1.29 is 9.90 Å². The van der Waals surface area contributed by atoms with Crippen LogP contribution >= 0.6 is 11.3 Å². The van der Waals surface area contributed by atoms with Crippen LogP contribution in [0.5, 0.6) is 0 Å². The first-order valence-corrected chi connectivity index (χ1v) is 6.33. The molecular formula is C10H14N4O2S. The van der Waals surface area contributed by atoms with Gasteiger partial charge in [-0.1, -0.05) is 25.2 Å².